The lowest BCUT2D eigenvalue weighted by Crippen LogP contribution is -2.57. The van der Waals surface area contributed by atoms with Gasteiger partial charge in [-0.2, -0.15) is 0 Å². The van der Waals surface area contributed by atoms with E-state index >= 15 is 0 Å². The van der Waals surface area contributed by atoms with Gasteiger partial charge in [-0.25, -0.2) is 4.79 Å². The van der Waals surface area contributed by atoms with Crippen LogP contribution in [0.15, 0.2) is 30.3 Å². The summed E-state index contributed by atoms with van der Waals surface area (Å²) in [7, 11) is 0. The molecule has 4 amide bonds. The smallest absolute Gasteiger partial charge is 0.408 e. The fourth-order valence-corrected chi connectivity index (χ4v) is 2.95. The van der Waals surface area contributed by atoms with Gasteiger partial charge in [0.15, 0.2) is 0 Å². The Morgan fingerprint density at radius 1 is 0.758 bits per heavy atom. The van der Waals surface area contributed by atoms with Crippen molar-refractivity contribution in [3.05, 3.63) is 35.9 Å². The van der Waals surface area contributed by atoms with E-state index in [4.69, 9.17) is 4.74 Å². The molecule has 1 rings (SSSR count). The number of carbonyl (C=O) groups excluding carboxylic acids is 4. The van der Waals surface area contributed by atoms with Gasteiger partial charge in [-0.3, -0.25) is 14.4 Å². The first-order valence-corrected chi connectivity index (χ1v) is 11.1. The normalized spacial score (nSPS) is 14.3. The summed E-state index contributed by atoms with van der Waals surface area (Å²) in [6.07, 6.45) is -0.0967. The van der Waals surface area contributed by atoms with Gasteiger partial charge in [0.25, 0.3) is 0 Å². The van der Waals surface area contributed by atoms with Gasteiger partial charge in [-0.1, -0.05) is 30.3 Å². The molecule has 9 heteroatoms. The molecule has 0 saturated carbocycles. The molecule has 184 valence electrons. The quantitative estimate of drug-likeness (QED) is 0.447. The molecule has 4 N–H and O–H groups in total. The maximum absolute atomic E-state index is 12.6. The van der Waals surface area contributed by atoms with Crippen molar-refractivity contribution < 1.29 is 23.9 Å². The lowest BCUT2D eigenvalue weighted by Gasteiger charge is -2.29. The van der Waals surface area contributed by atoms with Gasteiger partial charge in [-0.15, -0.1) is 0 Å². The van der Waals surface area contributed by atoms with E-state index in [1.807, 2.05) is 44.2 Å². The molecule has 9 nitrogen and oxygen atoms in total. The third-order valence-electron chi connectivity index (χ3n) is 4.58. The highest BCUT2D eigenvalue weighted by Gasteiger charge is 2.27. The van der Waals surface area contributed by atoms with Gasteiger partial charge in [0.2, 0.25) is 17.7 Å². The molecular formula is C24H38N4O5. The van der Waals surface area contributed by atoms with E-state index in [0.29, 0.717) is 6.42 Å². The lowest BCUT2D eigenvalue weighted by atomic mass is 9.94. The van der Waals surface area contributed by atoms with Crippen LogP contribution in [0.3, 0.4) is 0 Å². The van der Waals surface area contributed by atoms with Crippen molar-refractivity contribution in [3.8, 4) is 0 Å². The molecule has 1 aromatic carbocycles. The van der Waals surface area contributed by atoms with E-state index in [0.717, 1.165) is 5.56 Å². The zero-order valence-electron chi connectivity index (χ0n) is 20.9. The van der Waals surface area contributed by atoms with E-state index in [2.05, 4.69) is 21.3 Å². The molecule has 0 aliphatic rings. The van der Waals surface area contributed by atoms with Gasteiger partial charge in [-0.05, 0) is 67.4 Å². The summed E-state index contributed by atoms with van der Waals surface area (Å²) in [6, 6.07) is 7.17. The van der Waals surface area contributed by atoms with Crippen LogP contribution in [0.4, 0.5) is 4.79 Å². The monoisotopic (exact) mass is 462 g/mol. The van der Waals surface area contributed by atoms with E-state index in [1.165, 1.54) is 13.8 Å². The Labute approximate surface area is 196 Å². The Kier molecular flexibility index (Phi) is 9.88. The highest BCUT2D eigenvalue weighted by Crippen LogP contribution is 2.12. The summed E-state index contributed by atoms with van der Waals surface area (Å²) in [6.45, 7) is 13.5. The third-order valence-corrected chi connectivity index (χ3v) is 4.58. The SMILES string of the molecule is CC(NC(=O)OC(C)(C)C)C(=O)NC(C)C(=O)NC(C)C(=O)NC(C)(C)Cc1ccccc1. The molecule has 0 radical (unpaired) electrons. The lowest BCUT2D eigenvalue weighted by molar-refractivity contribution is -0.132. The first-order chi connectivity index (χ1) is 15.1. The number of hydrogen-bond donors (Lipinski definition) is 4. The first-order valence-electron chi connectivity index (χ1n) is 11.1. The molecule has 33 heavy (non-hydrogen) atoms. The third kappa shape index (κ3) is 10.9. The van der Waals surface area contributed by atoms with Crippen LogP contribution in [-0.4, -0.2) is 53.1 Å². The molecule has 3 atom stereocenters. The van der Waals surface area contributed by atoms with Gasteiger partial charge >= 0.3 is 6.09 Å². The summed E-state index contributed by atoms with van der Waals surface area (Å²) < 4.78 is 5.11. The number of amides is 4. The predicted molar refractivity (Wildman–Crippen MR) is 126 cm³/mol. The van der Waals surface area contributed by atoms with E-state index in [-0.39, 0.29) is 5.91 Å². The second-order valence-electron chi connectivity index (χ2n) is 9.86. The maximum Gasteiger partial charge on any atom is 0.408 e. The highest BCUT2D eigenvalue weighted by molar-refractivity contribution is 5.93. The Morgan fingerprint density at radius 3 is 1.70 bits per heavy atom. The number of rotatable bonds is 9. The van der Waals surface area contributed by atoms with E-state index in [1.54, 1.807) is 27.7 Å². The van der Waals surface area contributed by atoms with Crippen molar-refractivity contribution in [2.45, 2.75) is 91.1 Å². The van der Waals surface area contributed by atoms with Gasteiger partial charge in [0.1, 0.15) is 23.7 Å². The first kappa shape index (κ1) is 27.9. The predicted octanol–water partition coefficient (Wildman–Crippen LogP) is 2.05. The molecule has 0 bridgehead atoms. The van der Waals surface area contributed by atoms with Crippen molar-refractivity contribution in [2.75, 3.05) is 0 Å². The molecule has 0 heterocycles. The minimum absolute atomic E-state index is 0.331. The summed E-state index contributed by atoms with van der Waals surface area (Å²) in [4.78, 5) is 49.2. The van der Waals surface area contributed by atoms with Crippen LogP contribution < -0.4 is 21.3 Å². The summed E-state index contributed by atoms with van der Waals surface area (Å²) in [5, 5.41) is 10.5. The Bertz CT molecular complexity index is 833. The molecule has 0 aliphatic heterocycles. The summed E-state index contributed by atoms with van der Waals surface area (Å²) >= 11 is 0. The molecular weight excluding hydrogens is 424 g/mol. The summed E-state index contributed by atoms with van der Waals surface area (Å²) in [5.41, 5.74) is -0.121. The molecule has 0 spiro atoms. The van der Waals surface area contributed by atoms with Gasteiger partial charge < -0.3 is 26.0 Å². The van der Waals surface area contributed by atoms with E-state index in [9.17, 15) is 19.2 Å². The second kappa shape index (κ2) is 11.7. The minimum atomic E-state index is -0.909. The van der Waals surface area contributed by atoms with Crippen LogP contribution in [0, 0.1) is 0 Å². The van der Waals surface area contributed by atoms with Gasteiger partial charge in [0, 0.05) is 5.54 Å². The number of benzene rings is 1. The number of carbonyl (C=O) groups is 4. The van der Waals surface area contributed by atoms with Crippen molar-refractivity contribution in [2.24, 2.45) is 0 Å². The number of ether oxygens (including phenoxy) is 1. The Hall–Kier alpha value is -3.10. The average Bonchev–Trinajstić information content (AvgIpc) is 2.66. The molecule has 0 aliphatic carbocycles. The highest BCUT2D eigenvalue weighted by atomic mass is 16.6. The van der Waals surface area contributed by atoms with Gasteiger partial charge in [0.05, 0.1) is 0 Å². The van der Waals surface area contributed by atoms with Crippen LogP contribution >= 0.6 is 0 Å². The molecule has 3 unspecified atom stereocenters. The van der Waals surface area contributed by atoms with Crippen molar-refractivity contribution in [1.29, 1.82) is 0 Å². The maximum atomic E-state index is 12.6. The van der Waals surface area contributed by atoms with Crippen molar-refractivity contribution >= 4 is 23.8 Å². The second-order valence-corrected chi connectivity index (χ2v) is 9.86. The molecule has 0 fully saturated rings. The minimum Gasteiger partial charge on any atom is -0.444 e. The van der Waals surface area contributed by atoms with Crippen molar-refractivity contribution in [3.63, 3.8) is 0 Å². The average molecular weight is 463 g/mol. The zero-order valence-corrected chi connectivity index (χ0v) is 20.9. The fraction of sp³-hybridized carbons (Fsp3) is 0.583. The topological polar surface area (TPSA) is 126 Å². The summed E-state index contributed by atoms with van der Waals surface area (Å²) in [5.74, 6) is -1.40. The van der Waals surface area contributed by atoms with E-state index < -0.39 is 47.2 Å². The number of nitrogens with one attached hydrogen (secondary N) is 4. The van der Waals surface area contributed by atoms with Crippen molar-refractivity contribution in [1.82, 2.24) is 21.3 Å². The number of alkyl carbamates (subject to hydrolysis) is 1. The zero-order chi connectivity index (χ0) is 25.4. The van der Waals surface area contributed by atoms with Crippen LogP contribution in [0.1, 0.15) is 61.0 Å². The largest absolute Gasteiger partial charge is 0.444 e. The fourth-order valence-electron chi connectivity index (χ4n) is 2.95. The number of hydrogen-bond acceptors (Lipinski definition) is 5. The Balaban J connectivity index is 2.53. The van der Waals surface area contributed by atoms with Crippen LogP contribution in [0.2, 0.25) is 0 Å². The van der Waals surface area contributed by atoms with Crippen LogP contribution in [-0.2, 0) is 25.5 Å². The Morgan fingerprint density at radius 2 is 1.21 bits per heavy atom. The van der Waals surface area contributed by atoms with Crippen LogP contribution in [0.5, 0.6) is 0 Å². The molecule has 1 aromatic rings. The molecule has 0 saturated heterocycles. The van der Waals surface area contributed by atoms with Crippen LogP contribution in [0.25, 0.3) is 0 Å². The molecule has 0 aromatic heterocycles. The standard InChI is InChI=1S/C24H38N4O5/c1-15(25-20(30)16(2)27-22(32)33-23(4,5)6)19(29)26-17(3)21(31)28-24(7,8)14-18-12-10-9-11-13-18/h9-13,15-17H,14H2,1-8H3,(H,25,30)(H,26,29)(H,27,32)(H,28,31).